The van der Waals surface area contributed by atoms with Crippen molar-refractivity contribution >= 4 is 5.82 Å². The van der Waals surface area contributed by atoms with Gasteiger partial charge in [-0.15, -0.1) is 0 Å². The van der Waals surface area contributed by atoms with Crippen molar-refractivity contribution in [3.63, 3.8) is 0 Å². The summed E-state index contributed by atoms with van der Waals surface area (Å²) in [7, 11) is 0. The Labute approximate surface area is 102 Å². The van der Waals surface area contributed by atoms with Gasteiger partial charge in [-0.3, -0.25) is 0 Å². The Morgan fingerprint density at radius 2 is 1.76 bits per heavy atom. The van der Waals surface area contributed by atoms with Gasteiger partial charge in [0.05, 0.1) is 0 Å². The van der Waals surface area contributed by atoms with Crippen LogP contribution >= 0.6 is 0 Å². The van der Waals surface area contributed by atoms with Gasteiger partial charge in [0.25, 0.3) is 0 Å². The lowest BCUT2D eigenvalue weighted by molar-refractivity contribution is 0.864. The van der Waals surface area contributed by atoms with Gasteiger partial charge >= 0.3 is 0 Å². The summed E-state index contributed by atoms with van der Waals surface area (Å²) in [6.07, 6.45) is 0. The van der Waals surface area contributed by atoms with Gasteiger partial charge in [0.2, 0.25) is 0 Å². The molecule has 0 fully saturated rings. The highest BCUT2D eigenvalue weighted by Crippen LogP contribution is 2.17. The summed E-state index contributed by atoms with van der Waals surface area (Å²) in [5, 5.41) is 3.39. The van der Waals surface area contributed by atoms with E-state index in [0.29, 0.717) is 0 Å². The molecule has 1 atom stereocenters. The summed E-state index contributed by atoms with van der Waals surface area (Å²) in [6, 6.07) is 12.5. The van der Waals surface area contributed by atoms with Crippen LogP contribution in [0.15, 0.2) is 36.4 Å². The number of aryl methyl sites for hydroxylation is 2. The molecule has 0 radical (unpaired) electrons. The number of rotatable bonds is 3. The second-order valence-corrected chi connectivity index (χ2v) is 4.22. The zero-order valence-corrected chi connectivity index (χ0v) is 10.4. The van der Waals surface area contributed by atoms with Crippen molar-refractivity contribution in [2.24, 2.45) is 0 Å². The van der Waals surface area contributed by atoms with Crippen molar-refractivity contribution in [2.45, 2.75) is 26.8 Å². The first kappa shape index (κ1) is 11.6. The molecule has 3 heteroatoms. The highest BCUT2D eigenvalue weighted by molar-refractivity contribution is 5.39. The molecule has 1 heterocycles. The monoisotopic (exact) mass is 227 g/mol. The molecule has 3 nitrogen and oxygen atoms in total. The quantitative estimate of drug-likeness (QED) is 0.874. The number of aromatic nitrogens is 2. The van der Waals surface area contributed by atoms with Gasteiger partial charge in [-0.1, -0.05) is 30.3 Å². The van der Waals surface area contributed by atoms with Gasteiger partial charge in [0.15, 0.2) is 0 Å². The first-order valence-electron chi connectivity index (χ1n) is 5.79. The summed E-state index contributed by atoms with van der Waals surface area (Å²) >= 11 is 0. The fourth-order valence-corrected chi connectivity index (χ4v) is 1.84. The summed E-state index contributed by atoms with van der Waals surface area (Å²) in [6.45, 7) is 6.01. The van der Waals surface area contributed by atoms with E-state index in [2.05, 4.69) is 34.3 Å². The Hall–Kier alpha value is -1.90. The molecule has 0 aliphatic carbocycles. The van der Waals surface area contributed by atoms with Crippen molar-refractivity contribution in [3.05, 3.63) is 53.5 Å². The van der Waals surface area contributed by atoms with Crippen LogP contribution in [0.4, 0.5) is 5.82 Å². The van der Waals surface area contributed by atoms with Crippen molar-refractivity contribution in [3.8, 4) is 0 Å². The van der Waals surface area contributed by atoms with Gasteiger partial charge in [0.1, 0.15) is 11.6 Å². The molecule has 1 unspecified atom stereocenters. The van der Waals surface area contributed by atoms with Crippen molar-refractivity contribution in [1.29, 1.82) is 0 Å². The Morgan fingerprint density at radius 1 is 1.06 bits per heavy atom. The molecular formula is C14H17N3. The SMILES string of the molecule is Cc1cc(NC(C)c2ccccc2)nc(C)n1. The second-order valence-electron chi connectivity index (χ2n) is 4.22. The Morgan fingerprint density at radius 3 is 2.41 bits per heavy atom. The van der Waals surface area contributed by atoms with E-state index in [-0.39, 0.29) is 6.04 Å². The lowest BCUT2D eigenvalue weighted by atomic mass is 10.1. The lowest BCUT2D eigenvalue weighted by Gasteiger charge is -2.15. The van der Waals surface area contributed by atoms with Gasteiger partial charge in [0, 0.05) is 17.8 Å². The third kappa shape index (κ3) is 3.03. The van der Waals surface area contributed by atoms with Gasteiger partial charge in [-0.2, -0.15) is 0 Å². The molecule has 0 saturated carbocycles. The van der Waals surface area contributed by atoms with Crippen LogP contribution < -0.4 is 5.32 Å². The van der Waals surface area contributed by atoms with E-state index in [0.717, 1.165) is 17.3 Å². The van der Waals surface area contributed by atoms with E-state index >= 15 is 0 Å². The molecule has 0 aliphatic heterocycles. The molecule has 0 aliphatic rings. The van der Waals surface area contributed by atoms with Crippen molar-refractivity contribution < 1.29 is 0 Å². The average Bonchev–Trinajstić information content (AvgIpc) is 2.28. The number of benzene rings is 1. The molecule has 1 aromatic carbocycles. The van der Waals surface area contributed by atoms with Gasteiger partial charge in [-0.05, 0) is 26.3 Å². The summed E-state index contributed by atoms with van der Waals surface area (Å²) in [5.74, 6) is 1.68. The van der Waals surface area contributed by atoms with E-state index in [1.807, 2.05) is 38.1 Å². The minimum absolute atomic E-state index is 0.241. The van der Waals surface area contributed by atoms with Crippen LogP contribution in [0.25, 0.3) is 0 Å². The van der Waals surface area contributed by atoms with E-state index in [1.165, 1.54) is 5.56 Å². The fourth-order valence-electron chi connectivity index (χ4n) is 1.84. The molecule has 2 aromatic rings. The van der Waals surface area contributed by atoms with Crippen LogP contribution in [-0.2, 0) is 0 Å². The van der Waals surface area contributed by atoms with E-state index in [1.54, 1.807) is 0 Å². The first-order chi connectivity index (χ1) is 8.15. The molecule has 88 valence electrons. The summed E-state index contributed by atoms with van der Waals surface area (Å²) < 4.78 is 0. The van der Waals surface area contributed by atoms with E-state index in [9.17, 15) is 0 Å². The number of hydrogen-bond acceptors (Lipinski definition) is 3. The fraction of sp³-hybridized carbons (Fsp3) is 0.286. The highest BCUT2D eigenvalue weighted by Gasteiger charge is 2.06. The lowest BCUT2D eigenvalue weighted by Crippen LogP contribution is -2.09. The maximum absolute atomic E-state index is 4.38. The average molecular weight is 227 g/mol. The van der Waals surface area contributed by atoms with Crippen LogP contribution in [0.2, 0.25) is 0 Å². The third-order valence-electron chi connectivity index (χ3n) is 2.63. The van der Waals surface area contributed by atoms with Crippen LogP contribution in [0, 0.1) is 13.8 Å². The first-order valence-corrected chi connectivity index (χ1v) is 5.79. The van der Waals surface area contributed by atoms with Crippen molar-refractivity contribution in [2.75, 3.05) is 5.32 Å². The molecule has 1 aromatic heterocycles. The van der Waals surface area contributed by atoms with Crippen molar-refractivity contribution in [1.82, 2.24) is 9.97 Å². The molecule has 0 bridgehead atoms. The maximum atomic E-state index is 4.38. The summed E-state index contributed by atoms with van der Waals surface area (Å²) in [5.41, 5.74) is 2.24. The Balaban J connectivity index is 2.16. The molecule has 0 amide bonds. The number of anilines is 1. The molecule has 17 heavy (non-hydrogen) atoms. The van der Waals surface area contributed by atoms with Gasteiger partial charge in [-0.25, -0.2) is 9.97 Å². The van der Waals surface area contributed by atoms with Crippen LogP contribution in [0.1, 0.15) is 30.0 Å². The number of nitrogens with one attached hydrogen (secondary N) is 1. The third-order valence-corrected chi connectivity index (χ3v) is 2.63. The van der Waals surface area contributed by atoms with Gasteiger partial charge < -0.3 is 5.32 Å². The number of nitrogens with zero attached hydrogens (tertiary/aromatic N) is 2. The standard InChI is InChI=1S/C14H17N3/c1-10-9-14(17-12(3)15-10)16-11(2)13-7-5-4-6-8-13/h4-9,11H,1-3H3,(H,15,16,17). The smallest absolute Gasteiger partial charge is 0.130 e. The zero-order chi connectivity index (χ0) is 12.3. The second kappa shape index (κ2) is 4.95. The molecule has 0 saturated heterocycles. The Bertz CT molecular complexity index is 474. The zero-order valence-electron chi connectivity index (χ0n) is 10.4. The van der Waals surface area contributed by atoms with Crippen LogP contribution in [-0.4, -0.2) is 9.97 Å². The molecule has 2 rings (SSSR count). The van der Waals surface area contributed by atoms with E-state index < -0.39 is 0 Å². The minimum Gasteiger partial charge on any atom is -0.363 e. The predicted octanol–water partition coefficient (Wildman–Crippen LogP) is 3.27. The molecule has 0 spiro atoms. The summed E-state index contributed by atoms with van der Waals surface area (Å²) in [4.78, 5) is 8.64. The van der Waals surface area contributed by atoms with Crippen LogP contribution in [0.3, 0.4) is 0 Å². The molecule has 1 N–H and O–H groups in total. The topological polar surface area (TPSA) is 37.8 Å². The minimum atomic E-state index is 0.241. The normalized spacial score (nSPS) is 12.2. The highest BCUT2D eigenvalue weighted by atomic mass is 15.0. The predicted molar refractivity (Wildman–Crippen MR) is 70.0 cm³/mol. The molecular weight excluding hydrogens is 210 g/mol. The number of hydrogen-bond donors (Lipinski definition) is 1. The maximum Gasteiger partial charge on any atom is 0.130 e. The Kier molecular flexibility index (Phi) is 3.38. The van der Waals surface area contributed by atoms with Crippen LogP contribution in [0.5, 0.6) is 0 Å². The largest absolute Gasteiger partial charge is 0.363 e. The van der Waals surface area contributed by atoms with E-state index in [4.69, 9.17) is 0 Å².